The van der Waals surface area contributed by atoms with Crippen LogP contribution in [-0.4, -0.2) is 21.9 Å². The Morgan fingerprint density at radius 3 is 2.53 bits per heavy atom. The van der Waals surface area contributed by atoms with Crippen molar-refractivity contribution < 1.29 is 10.2 Å². The highest BCUT2D eigenvalue weighted by atomic mass is 16.3. The van der Waals surface area contributed by atoms with E-state index in [4.69, 9.17) is 0 Å². The van der Waals surface area contributed by atoms with Gasteiger partial charge < -0.3 is 10.2 Å². The van der Waals surface area contributed by atoms with E-state index in [2.05, 4.69) is 51.7 Å². The average molecular weight is 413 g/mol. The van der Waals surface area contributed by atoms with E-state index < -0.39 is 5.60 Å². The van der Waals surface area contributed by atoms with Crippen LogP contribution in [0.2, 0.25) is 0 Å². The van der Waals surface area contributed by atoms with Crippen molar-refractivity contribution in [3.63, 3.8) is 0 Å². The van der Waals surface area contributed by atoms with E-state index in [-0.39, 0.29) is 12.0 Å². The topological polar surface area (TPSA) is 40.5 Å². The summed E-state index contributed by atoms with van der Waals surface area (Å²) < 4.78 is 0. The molecule has 0 aromatic carbocycles. The van der Waals surface area contributed by atoms with Crippen LogP contribution in [0.4, 0.5) is 0 Å². The Kier molecular flexibility index (Phi) is 7.19. The quantitative estimate of drug-likeness (QED) is 0.490. The smallest absolute Gasteiger partial charge is 0.0651 e. The highest BCUT2D eigenvalue weighted by Gasteiger charge is 2.50. The molecule has 0 aromatic rings. The third kappa shape index (κ3) is 5.02. The molecule has 168 valence electrons. The van der Waals surface area contributed by atoms with Gasteiger partial charge in [0, 0.05) is 5.92 Å². The number of hydrogen-bond acceptors (Lipinski definition) is 2. The minimum Gasteiger partial charge on any atom is -0.393 e. The maximum absolute atomic E-state index is 10.3. The van der Waals surface area contributed by atoms with Gasteiger partial charge in [-0.05, 0) is 94.0 Å². The van der Waals surface area contributed by atoms with E-state index in [1.807, 2.05) is 13.8 Å². The molecular weight excluding hydrogens is 368 g/mol. The summed E-state index contributed by atoms with van der Waals surface area (Å²) in [5.74, 6) is 2.08. The second kappa shape index (κ2) is 9.17. The van der Waals surface area contributed by atoms with Gasteiger partial charge in [0.25, 0.3) is 0 Å². The molecule has 0 heterocycles. The fourth-order valence-corrected chi connectivity index (χ4v) is 6.25. The van der Waals surface area contributed by atoms with E-state index in [1.54, 1.807) is 5.57 Å². The molecule has 6 atom stereocenters. The molecule has 30 heavy (non-hydrogen) atoms. The van der Waals surface area contributed by atoms with Crippen molar-refractivity contribution in [2.24, 2.45) is 29.1 Å². The molecule has 3 rings (SSSR count). The van der Waals surface area contributed by atoms with Crippen LogP contribution in [0, 0.1) is 29.1 Å². The normalized spacial score (nSPS) is 37.7. The number of aliphatic hydroxyl groups excluding tert-OH is 1. The Balaban J connectivity index is 1.75. The molecule has 0 aromatic heterocycles. The zero-order chi connectivity index (χ0) is 22.1. The maximum atomic E-state index is 10.3. The lowest BCUT2D eigenvalue weighted by atomic mass is 9.61. The summed E-state index contributed by atoms with van der Waals surface area (Å²) in [6.45, 7) is 15.0. The second-order valence-electron chi connectivity index (χ2n) is 11.2. The highest BCUT2D eigenvalue weighted by Crippen LogP contribution is 2.59. The minimum absolute atomic E-state index is 0.164. The van der Waals surface area contributed by atoms with Crippen molar-refractivity contribution in [1.29, 1.82) is 0 Å². The van der Waals surface area contributed by atoms with Gasteiger partial charge in [-0.25, -0.2) is 0 Å². The molecule has 0 spiro atoms. The first-order valence-electron chi connectivity index (χ1n) is 12.2. The summed E-state index contributed by atoms with van der Waals surface area (Å²) >= 11 is 0. The number of fused-ring (bicyclic) bond motifs is 1. The van der Waals surface area contributed by atoms with Gasteiger partial charge in [0.15, 0.2) is 0 Å². The Labute approximate surface area is 184 Å². The molecule has 3 saturated carbocycles. The van der Waals surface area contributed by atoms with Crippen LogP contribution in [0.1, 0.15) is 86.0 Å². The van der Waals surface area contributed by atoms with E-state index in [0.29, 0.717) is 23.2 Å². The monoisotopic (exact) mass is 412 g/mol. The molecule has 0 radical (unpaired) electrons. The van der Waals surface area contributed by atoms with Gasteiger partial charge >= 0.3 is 0 Å². The number of rotatable bonds is 5. The van der Waals surface area contributed by atoms with Crippen LogP contribution in [0.25, 0.3) is 0 Å². The number of hydrogen-bond donors (Lipinski definition) is 2. The Hall–Kier alpha value is -1.12. The van der Waals surface area contributed by atoms with Crippen LogP contribution in [0.5, 0.6) is 0 Å². The van der Waals surface area contributed by atoms with E-state index >= 15 is 0 Å². The van der Waals surface area contributed by atoms with Crippen molar-refractivity contribution in [1.82, 2.24) is 0 Å². The molecule has 1 unspecified atom stereocenters. The van der Waals surface area contributed by atoms with Crippen molar-refractivity contribution in [2.75, 3.05) is 0 Å². The zero-order valence-electron chi connectivity index (χ0n) is 20.0. The maximum Gasteiger partial charge on any atom is 0.0651 e. The van der Waals surface area contributed by atoms with Gasteiger partial charge in [-0.2, -0.15) is 0 Å². The Bertz CT molecular complexity index is 719. The molecule has 2 N–H and O–H groups in total. The minimum atomic E-state index is -0.663. The van der Waals surface area contributed by atoms with Gasteiger partial charge in [0.1, 0.15) is 0 Å². The van der Waals surface area contributed by atoms with Crippen molar-refractivity contribution in [3.05, 3.63) is 47.6 Å². The largest absolute Gasteiger partial charge is 0.393 e. The lowest BCUT2D eigenvalue weighted by Crippen LogP contribution is -2.35. The van der Waals surface area contributed by atoms with Crippen LogP contribution in [0.15, 0.2) is 47.6 Å². The lowest BCUT2D eigenvalue weighted by Gasteiger charge is -2.44. The zero-order valence-corrected chi connectivity index (χ0v) is 20.0. The van der Waals surface area contributed by atoms with E-state index in [0.717, 1.165) is 19.3 Å². The first-order valence-corrected chi connectivity index (χ1v) is 12.2. The van der Waals surface area contributed by atoms with Crippen LogP contribution in [0.3, 0.4) is 0 Å². The standard InChI is InChI=1S/C28H44O2/c1-19-10-14-24(29)18-23(19)13-12-22-8-7-17-28(6)25(15-16-26(22)28)20(2)9-11-21(3)27(4,5)30/h9,11-13,20-21,24-26,29-30H,1,7-8,10,14-18H2,2-6H3/b11-9-,22-12+,23-13-/t20-,21+,24+,25-,26?,28-/m1/s1. The van der Waals surface area contributed by atoms with Crippen molar-refractivity contribution in [2.45, 2.75) is 97.7 Å². The molecule has 3 aliphatic carbocycles. The fourth-order valence-electron chi connectivity index (χ4n) is 6.25. The Morgan fingerprint density at radius 2 is 1.83 bits per heavy atom. The molecule has 0 aliphatic heterocycles. The first kappa shape index (κ1) is 23.5. The lowest BCUT2D eigenvalue weighted by molar-refractivity contribution is 0.0436. The second-order valence-corrected chi connectivity index (χ2v) is 11.2. The molecule has 0 bridgehead atoms. The summed E-state index contributed by atoms with van der Waals surface area (Å²) in [6, 6.07) is 0. The molecule has 0 saturated heterocycles. The molecular formula is C28H44O2. The molecule has 3 fully saturated rings. The fraction of sp³-hybridized carbons (Fsp3) is 0.714. The van der Waals surface area contributed by atoms with Gasteiger partial charge in [-0.3, -0.25) is 0 Å². The third-order valence-electron chi connectivity index (χ3n) is 8.68. The van der Waals surface area contributed by atoms with Crippen LogP contribution in [-0.2, 0) is 0 Å². The van der Waals surface area contributed by atoms with Crippen LogP contribution < -0.4 is 0 Å². The highest BCUT2D eigenvalue weighted by molar-refractivity contribution is 5.36. The van der Waals surface area contributed by atoms with Crippen molar-refractivity contribution in [3.8, 4) is 0 Å². The summed E-state index contributed by atoms with van der Waals surface area (Å²) in [7, 11) is 0. The van der Waals surface area contributed by atoms with E-state index in [1.165, 1.54) is 43.3 Å². The van der Waals surface area contributed by atoms with Gasteiger partial charge in [0.2, 0.25) is 0 Å². The summed E-state index contributed by atoms with van der Waals surface area (Å²) in [6.07, 6.45) is 18.0. The summed E-state index contributed by atoms with van der Waals surface area (Å²) in [4.78, 5) is 0. The van der Waals surface area contributed by atoms with E-state index in [9.17, 15) is 10.2 Å². The van der Waals surface area contributed by atoms with Crippen molar-refractivity contribution >= 4 is 0 Å². The van der Waals surface area contributed by atoms with Gasteiger partial charge in [-0.15, -0.1) is 0 Å². The Morgan fingerprint density at radius 1 is 1.10 bits per heavy atom. The van der Waals surface area contributed by atoms with Gasteiger partial charge in [0.05, 0.1) is 11.7 Å². The SMILES string of the molecule is C=C1CC[C@H](O)C/C1=C/C=C1\CCC[C@@]2(C)C1CC[C@@H]2[C@H](C)/C=C\[C@H](C)C(C)(C)O. The molecule has 0 amide bonds. The molecule has 2 heteroatoms. The predicted molar refractivity (Wildman–Crippen MR) is 127 cm³/mol. The first-order chi connectivity index (χ1) is 14.0. The molecule has 2 nitrogen and oxygen atoms in total. The van der Waals surface area contributed by atoms with Crippen LogP contribution >= 0.6 is 0 Å². The summed E-state index contributed by atoms with van der Waals surface area (Å²) in [5.41, 5.74) is 3.78. The van der Waals surface area contributed by atoms with Gasteiger partial charge in [-0.1, -0.05) is 62.8 Å². The number of allylic oxidation sites excluding steroid dienone is 5. The molecule has 3 aliphatic rings. The predicted octanol–water partition coefficient (Wildman–Crippen LogP) is 6.76. The third-order valence-corrected chi connectivity index (χ3v) is 8.68. The summed E-state index contributed by atoms with van der Waals surface area (Å²) in [5, 5.41) is 20.3. The average Bonchev–Trinajstić information content (AvgIpc) is 3.03. The number of aliphatic hydroxyl groups is 2.